The lowest BCUT2D eigenvalue weighted by Gasteiger charge is -2.45. The summed E-state index contributed by atoms with van der Waals surface area (Å²) in [6.45, 7) is 7.95. The number of hydrogen-bond acceptors (Lipinski definition) is 2. The van der Waals surface area contributed by atoms with Crippen molar-refractivity contribution in [3.63, 3.8) is 0 Å². The van der Waals surface area contributed by atoms with E-state index in [9.17, 15) is 4.39 Å². The molecule has 20 heavy (non-hydrogen) atoms. The monoisotopic (exact) mass is 276 g/mol. The van der Waals surface area contributed by atoms with E-state index in [2.05, 4.69) is 16.7 Å². The Labute approximate surface area is 121 Å². The minimum Gasteiger partial charge on any atom is -0.300 e. The molecule has 3 rings (SSSR count). The van der Waals surface area contributed by atoms with E-state index >= 15 is 0 Å². The molecule has 2 heterocycles. The van der Waals surface area contributed by atoms with Gasteiger partial charge >= 0.3 is 0 Å². The van der Waals surface area contributed by atoms with Crippen LogP contribution in [0.4, 0.5) is 4.39 Å². The first kappa shape index (κ1) is 14.0. The third-order valence-corrected chi connectivity index (χ3v) is 4.79. The van der Waals surface area contributed by atoms with Gasteiger partial charge in [-0.15, -0.1) is 0 Å². The molecule has 0 N–H and O–H groups in total. The van der Waals surface area contributed by atoms with Gasteiger partial charge in [0.15, 0.2) is 0 Å². The molecule has 0 spiro atoms. The van der Waals surface area contributed by atoms with Gasteiger partial charge in [-0.3, -0.25) is 4.90 Å². The van der Waals surface area contributed by atoms with E-state index in [-0.39, 0.29) is 5.82 Å². The van der Waals surface area contributed by atoms with Gasteiger partial charge in [0, 0.05) is 32.2 Å². The molecule has 1 atom stereocenters. The smallest absolute Gasteiger partial charge is 0.123 e. The van der Waals surface area contributed by atoms with E-state index in [1.54, 1.807) is 12.1 Å². The van der Waals surface area contributed by atoms with Gasteiger partial charge in [-0.25, -0.2) is 4.39 Å². The lowest BCUT2D eigenvalue weighted by atomic mass is 9.90. The Morgan fingerprint density at radius 1 is 1.20 bits per heavy atom. The summed E-state index contributed by atoms with van der Waals surface area (Å²) in [6.07, 6.45) is 4.95. The van der Waals surface area contributed by atoms with Crippen LogP contribution >= 0.6 is 0 Å². The standard InChI is InChI=1S/C17H25FN2/c1-2-3-4-8-19-10-11-20-9-7-14-5-6-15(18)12-16(14)17(20)13-19/h5-6,12,17H,2-4,7-11,13H2,1H3. The highest BCUT2D eigenvalue weighted by Gasteiger charge is 2.32. The lowest BCUT2D eigenvalue weighted by molar-refractivity contribution is 0.0661. The molecule has 1 aromatic carbocycles. The third kappa shape index (κ3) is 2.89. The highest BCUT2D eigenvalue weighted by molar-refractivity contribution is 5.34. The maximum atomic E-state index is 13.6. The minimum atomic E-state index is -0.0892. The number of unbranched alkanes of at least 4 members (excludes halogenated alkanes) is 2. The SMILES string of the molecule is CCCCCN1CCN2CCc3ccc(F)cc3C2C1. The Kier molecular flexibility index (Phi) is 4.37. The summed E-state index contributed by atoms with van der Waals surface area (Å²) in [6, 6.07) is 5.76. The van der Waals surface area contributed by atoms with Crippen molar-refractivity contribution in [1.29, 1.82) is 0 Å². The minimum absolute atomic E-state index is 0.0892. The molecule has 2 aliphatic rings. The largest absolute Gasteiger partial charge is 0.300 e. The van der Waals surface area contributed by atoms with Crippen LogP contribution in [-0.4, -0.2) is 42.5 Å². The summed E-state index contributed by atoms with van der Waals surface area (Å²) in [5.74, 6) is -0.0892. The second kappa shape index (κ2) is 6.23. The van der Waals surface area contributed by atoms with E-state index in [4.69, 9.17) is 0 Å². The predicted molar refractivity (Wildman–Crippen MR) is 80.4 cm³/mol. The van der Waals surface area contributed by atoms with Crippen LogP contribution in [0.3, 0.4) is 0 Å². The van der Waals surface area contributed by atoms with Crippen LogP contribution in [0, 0.1) is 5.82 Å². The van der Waals surface area contributed by atoms with Gasteiger partial charge in [0.05, 0.1) is 0 Å². The third-order valence-electron chi connectivity index (χ3n) is 4.79. The van der Waals surface area contributed by atoms with Crippen molar-refractivity contribution in [2.24, 2.45) is 0 Å². The van der Waals surface area contributed by atoms with Gasteiger partial charge in [0.2, 0.25) is 0 Å². The highest BCUT2D eigenvalue weighted by Crippen LogP contribution is 2.33. The molecule has 0 radical (unpaired) electrons. The summed E-state index contributed by atoms with van der Waals surface area (Å²) >= 11 is 0. The molecule has 1 fully saturated rings. The molecular weight excluding hydrogens is 251 g/mol. The van der Waals surface area contributed by atoms with Crippen LogP contribution < -0.4 is 0 Å². The Morgan fingerprint density at radius 2 is 2.10 bits per heavy atom. The molecular formula is C17H25FN2. The number of fused-ring (bicyclic) bond motifs is 3. The van der Waals surface area contributed by atoms with Crippen LogP contribution in [0.25, 0.3) is 0 Å². The second-order valence-electron chi connectivity index (χ2n) is 6.15. The van der Waals surface area contributed by atoms with E-state index < -0.39 is 0 Å². The fourth-order valence-electron chi connectivity index (χ4n) is 3.60. The maximum absolute atomic E-state index is 13.6. The summed E-state index contributed by atoms with van der Waals surface area (Å²) < 4.78 is 13.6. The Balaban J connectivity index is 1.72. The molecule has 110 valence electrons. The van der Waals surface area contributed by atoms with Crippen molar-refractivity contribution in [3.8, 4) is 0 Å². The number of nitrogens with zero attached hydrogens (tertiary/aromatic N) is 2. The van der Waals surface area contributed by atoms with Crippen molar-refractivity contribution >= 4 is 0 Å². The van der Waals surface area contributed by atoms with Gasteiger partial charge in [-0.1, -0.05) is 25.8 Å². The molecule has 0 aromatic heterocycles. The lowest BCUT2D eigenvalue weighted by Crippen LogP contribution is -2.51. The molecule has 3 heteroatoms. The van der Waals surface area contributed by atoms with E-state index in [1.165, 1.54) is 43.5 Å². The van der Waals surface area contributed by atoms with Gasteiger partial charge in [0.25, 0.3) is 0 Å². The first-order chi connectivity index (χ1) is 9.78. The zero-order valence-electron chi connectivity index (χ0n) is 12.4. The quantitative estimate of drug-likeness (QED) is 0.779. The van der Waals surface area contributed by atoms with Crippen LogP contribution in [-0.2, 0) is 6.42 Å². The molecule has 2 nitrogen and oxygen atoms in total. The molecule has 0 amide bonds. The molecule has 1 saturated heterocycles. The first-order valence-electron chi connectivity index (χ1n) is 8.02. The van der Waals surface area contributed by atoms with Crippen LogP contribution in [0.15, 0.2) is 18.2 Å². The summed E-state index contributed by atoms with van der Waals surface area (Å²) in [7, 11) is 0. The Hall–Kier alpha value is -0.930. The van der Waals surface area contributed by atoms with E-state index in [0.717, 1.165) is 26.1 Å². The van der Waals surface area contributed by atoms with E-state index in [0.29, 0.717) is 6.04 Å². The summed E-state index contributed by atoms with van der Waals surface area (Å²) in [5.41, 5.74) is 2.58. The normalized spacial score (nSPS) is 23.4. The topological polar surface area (TPSA) is 6.48 Å². The molecule has 1 unspecified atom stereocenters. The fourth-order valence-corrected chi connectivity index (χ4v) is 3.60. The van der Waals surface area contributed by atoms with Crippen LogP contribution in [0.5, 0.6) is 0 Å². The van der Waals surface area contributed by atoms with Crippen LogP contribution in [0.1, 0.15) is 43.4 Å². The van der Waals surface area contributed by atoms with Crippen molar-refractivity contribution in [3.05, 3.63) is 35.1 Å². The van der Waals surface area contributed by atoms with Gasteiger partial charge in [0.1, 0.15) is 5.82 Å². The highest BCUT2D eigenvalue weighted by atomic mass is 19.1. The van der Waals surface area contributed by atoms with Gasteiger partial charge in [-0.05, 0) is 42.6 Å². The molecule has 1 aromatic rings. The first-order valence-corrected chi connectivity index (χ1v) is 8.02. The predicted octanol–water partition coefficient (Wildman–Crippen LogP) is 3.23. The number of benzene rings is 1. The molecule has 0 aliphatic carbocycles. The average molecular weight is 276 g/mol. The average Bonchev–Trinajstić information content (AvgIpc) is 2.47. The van der Waals surface area contributed by atoms with Crippen LogP contribution in [0.2, 0.25) is 0 Å². The zero-order valence-corrected chi connectivity index (χ0v) is 12.4. The Morgan fingerprint density at radius 3 is 2.95 bits per heavy atom. The second-order valence-corrected chi connectivity index (χ2v) is 6.15. The van der Waals surface area contributed by atoms with Gasteiger partial charge < -0.3 is 4.90 Å². The van der Waals surface area contributed by atoms with Crippen molar-refractivity contribution < 1.29 is 4.39 Å². The number of piperazine rings is 1. The van der Waals surface area contributed by atoms with Gasteiger partial charge in [-0.2, -0.15) is 0 Å². The number of halogens is 1. The summed E-state index contributed by atoms with van der Waals surface area (Å²) in [4.78, 5) is 5.11. The maximum Gasteiger partial charge on any atom is 0.123 e. The van der Waals surface area contributed by atoms with Crippen molar-refractivity contribution in [1.82, 2.24) is 9.80 Å². The molecule has 2 aliphatic heterocycles. The molecule has 0 saturated carbocycles. The zero-order chi connectivity index (χ0) is 13.9. The Bertz CT molecular complexity index is 460. The number of hydrogen-bond donors (Lipinski definition) is 0. The fraction of sp³-hybridized carbons (Fsp3) is 0.647. The number of rotatable bonds is 4. The van der Waals surface area contributed by atoms with Crippen molar-refractivity contribution in [2.45, 2.75) is 38.6 Å². The summed E-state index contributed by atoms with van der Waals surface area (Å²) in [5, 5.41) is 0. The van der Waals surface area contributed by atoms with Crippen molar-refractivity contribution in [2.75, 3.05) is 32.7 Å². The molecule has 0 bridgehead atoms. The van der Waals surface area contributed by atoms with E-state index in [1.807, 2.05) is 6.07 Å².